The van der Waals surface area contributed by atoms with Crippen molar-refractivity contribution < 1.29 is 4.79 Å². The summed E-state index contributed by atoms with van der Waals surface area (Å²) in [6.07, 6.45) is 0.925. The van der Waals surface area contributed by atoms with Crippen LogP contribution in [0.25, 0.3) is 11.1 Å². The standard InChI is InChI=1S/C25H20O/c26-25-21-16-20(17-10-4-1-5-11-17)24(25)23(19-14-8-3-9-15-19)22(21)18-12-6-2-7-13-18/h1-15,20-21,24H,16H2. The molecule has 1 nitrogen and oxygen atoms in total. The number of allylic oxidation sites excluding steroid dienone is 2. The third kappa shape index (κ3) is 2.28. The molecule has 0 N–H and O–H groups in total. The van der Waals surface area contributed by atoms with Gasteiger partial charge in [-0.3, -0.25) is 4.79 Å². The predicted molar refractivity (Wildman–Crippen MR) is 105 cm³/mol. The predicted octanol–water partition coefficient (Wildman–Crippen LogP) is 5.60. The van der Waals surface area contributed by atoms with Gasteiger partial charge in [-0.1, -0.05) is 91.0 Å². The Hall–Kier alpha value is -2.93. The summed E-state index contributed by atoms with van der Waals surface area (Å²) in [7, 11) is 0. The van der Waals surface area contributed by atoms with Crippen LogP contribution in [0.4, 0.5) is 0 Å². The fourth-order valence-corrected chi connectivity index (χ4v) is 4.84. The third-order valence-electron chi connectivity index (χ3n) is 5.89. The Morgan fingerprint density at radius 2 is 1.12 bits per heavy atom. The minimum atomic E-state index is -0.0278. The van der Waals surface area contributed by atoms with Crippen LogP contribution in [-0.2, 0) is 4.79 Å². The topological polar surface area (TPSA) is 17.1 Å². The smallest absolute Gasteiger partial charge is 0.148 e. The summed E-state index contributed by atoms with van der Waals surface area (Å²) in [4.78, 5) is 13.3. The summed E-state index contributed by atoms with van der Waals surface area (Å²) >= 11 is 0. The minimum absolute atomic E-state index is 0.0165. The fraction of sp³-hybridized carbons (Fsp3) is 0.160. The second-order valence-electron chi connectivity index (χ2n) is 7.24. The molecule has 0 aromatic heterocycles. The number of hydrogen-bond donors (Lipinski definition) is 0. The zero-order valence-corrected chi connectivity index (χ0v) is 14.5. The summed E-state index contributed by atoms with van der Waals surface area (Å²) in [5, 5.41) is 0. The van der Waals surface area contributed by atoms with Crippen LogP contribution in [0.5, 0.6) is 0 Å². The number of Topliss-reactive ketones (excluding diaryl/α,β-unsaturated/α-hetero) is 1. The lowest BCUT2D eigenvalue weighted by atomic mass is 9.76. The van der Waals surface area contributed by atoms with Gasteiger partial charge in [0.05, 0.1) is 5.92 Å². The van der Waals surface area contributed by atoms with Crippen LogP contribution in [0.1, 0.15) is 29.0 Å². The summed E-state index contributed by atoms with van der Waals surface area (Å²) in [6.45, 7) is 0. The monoisotopic (exact) mass is 336 g/mol. The quantitative estimate of drug-likeness (QED) is 0.608. The third-order valence-corrected chi connectivity index (χ3v) is 5.89. The van der Waals surface area contributed by atoms with Gasteiger partial charge in [0.15, 0.2) is 0 Å². The van der Waals surface area contributed by atoms with E-state index in [1.54, 1.807) is 0 Å². The number of fused-ring (bicyclic) bond motifs is 2. The molecule has 0 amide bonds. The Labute approximate surface area is 154 Å². The first-order chi connectivity index (χ1) is 12.8. The molecular weight excluding hydrogens is 316 g/mol. The molecule has 2 aliphatic carbocycles. The molecule has 0 spiro atoms. The van der Waals surface area contributed by atoms with Crippen molar-refractivity contribution in [2.75, 3.05) is 0 Å². The van der Waals surface area contributed by atoms with Gasteiger partial charge in [-0.05, 0) is 40.2 Å². The molecule has 1 saturated carbocycles. The lowest BCUT2D eigenvalue weighted by Crippen LogP contribution is -2.14. The average molecular weight is 336 g/mol. The molecule has 126 valence electrons. The Bertz CT molecular complexity index is 970. The number of ketones is 1. The molecule has 2 bridgehead atoms. The molecule has 26 heavy (non-hydrogen) atoms. The highest BCUT2D eigenvalue weighted by molar-refractivity contribution is 6.17. The van der Waals surface area contributed by atoms with E-state index in [0.29, 0.717) is 5.78 Å². The molecule has 1 fully saturated rings. The molecule has 3 atom stereocenters. The molecule has 0 aliphatic heterocycles. The van der Waals surface area contributed by atoms with Crippen LogP contribution in [0.3, 0.4) is 0 Å². The lowest BCUT2D eigenvalue weighted by molar-refractivity contribution is -0.120. The van der Waals surface area contributed by atoms with E-state index in [4.69, 9.17) is 0 Å². The first kappa shape index (κ1) is 15.3. The average Bonchev–Trinajstić information content (AvgIpc) is 3.20. The normalized spacial score (nSPS) is 24.3. The molecule has 3 aromatic rings. The van der Waals surface area contributed by atoms with E-state index in [1.165, 1.54) is 27.8 Å². The highest BCUT2D eigenvalue weighted by Gasteiger charge is 2.53. The van der Waals surface area contributed by atoms with Crippen molar-refractivity contribution in [2.45, 2.75) is 12.3 Å². The minimum Gasteiger partial charge on any atom is -0.298 e. The highest BCUT2D eigenvalue weighted by atomic mass is 16.1. The summed E-state index contributed by atoms with van der Waals surface area (Å²) < 4.78 is 0. The van der Waals surface area contributed by atoms with Gasteiger partial charge in [0, 0.05) is 5.92 Å². The second kappa shape index (κ2) is 6.10. The number of carbonyl (C=O) groups is 1. The number of carbonyl (C=O) groups excluding carboxylic acids is 1. The summed E-state index contributed by atoms with van der Waals surface area (Å²) in [5.41, 5.74) is 6.16. The Morgan fingerprint density at radius 1 is 0.615 bits per heavy atom. The second-order valence-corrected chi connectivity index (χ2v) is 7.24. The van der Waals surface area contributed by atoms with E-state index in [0.717, 1.165) is 6.42 Å². The number of rotatable bonds is 3. The van der Waals surface area contributed by atoms with Crippen LogP contribution < -0.4 is 0 Å². The van der Waals surface area contributed by atoms with E-state index < -0.39 is 0 Å². The molecule has 3 aromatic carbocycles. The van der Waals surface area contributed by atoms with Crippen molar-refractivity contribution in [3.05, 3.63) is 108 Å². The van der Waals surface area contributed by atoms with Gasteiger partial charge in [-0.25, -0.2) is 0 Å². The Balaban J connectivity index is 1.71. The molecule has 3 unspecified atom stereocenters. The van der Waals surface area contributed by atoms with Crippen LogP contribution in [0.15, 0.2) is 91.0 Å². The van der Waals surface area contributed by atoms with Crippen molar-refractivity contribution in [3.8, 4) is 0 Å². The van der Waals surface area contributed by atoms with Gasteiger partial charge in [-0.15, -0.1) is 0 Å². The van der Waals surface area contributed by atoms with Crippen molar-refractivity contribution >= 4 is 16.9 Å². The lowest BCUT2D eigenvalue weighted by Gasteiger charge is -2.27. The zero-order valence-electron chi connectivity index (χ0n) is 14.5. The van der Waals surface area contributed by atoms with Crippen molar-refractivity contribution in [1.82, 2.24) is 0 Å². The van der Waals surface area contributed by atoms with Crippen molar-refractivity contribution in [2.24, 2.45) is 11.8 Å². The van der Waals surface area contributed by atoms with Gasteiger partial charge in [-0.2, -0.15) is 0 Å². The Morgan fingerprint density at radius 3 is 1.69 bits per heavy atom. The molecule has 2 aliphatic rings. The largest absolute Gasteiger partial charge is 0.298 e. The van der Waals surface area contributed by atoms with Crippen LogP contribution in [0.2, 0.25) is 0 Å². The first-order valence-electron chi connectivity index (χ1n) is 9.28. The van der Waals surface area contributed by atoms with Gasteiger partial charge >= 0.3 is 0 Å². The van der Waals surface area contributed by atoms with E-state index in [2.05, 4.69) is 72.8 Å². The zero-order chi connectivity index (χ0) is 17.5. The fourth-order valence-electron chi connectivity index (χ4n) is 4.84. The van der Waals surface area contributed by atoms with Crippen molar-refractivity contribution in [1.29, 1.82) is 0 Å². The van der Waals surface area contributed by atoms with E-state index in [-0.39, 0.29) is 17.8 Å². The molecule has 0 radical (unpaired) electrons. The summed E-state index contributed by atoms with van der Waals surface area (Å²) in [5.74, 6) is 0.677. The number of hydrogen-bond acceptors (Lipinski definition) is 1. The van der Waals surface area contributed by atoms with Crippen molar-refractivity contribution in [3.63, 3.8) is 0 Å². The highest BCUT2D eigenvalue weighted by Crippen LogP contribution is 2.59. The molecule has 5 rings (SSSR count). The van der Waals surface area contributed by atoms with Gasteiger partial charge in [0.2, 0.25) is 0 Å². The maximum Gasteiger partial charge on any atom is 0.148 e. The van der Waals surface area contributed by atoms with Gasteiger partial charge < -0.3 is 0 Å². The van der Waals surface area contributed by atoms with Crippen LogP contribution in [-0.4, -0.2) is 5.78 Å². The maximum absolute atomic E-state index is 13.3. The van der Waals surface area contributed by atoms with E-state index in [1.807, 2.05) is 18.2 Å². The van der Waals surface area contributed by atoms with Crippen LogP contribution >= 0.6 is 0 Å². The molecule has 1 heteroatoms. The SMILES string of the molecule is O=C1C2CC(c3ccccc3)C1C(c1ccccc1)=C2c1ccccc1. The van der Waals surface area contributed by atoms with E-state index in [9.17, 15) is 4.79 Å². The summed E-state index contributed by atoms with van der Waals surface area (Å²) in [6, 6.07) is 31.5. The maximum atomic E-state index is 13.3. The molecule has 0 heterocycles. The molecule has 0 saturated heterocycles. The first-order valence-corrected chi connectivity index (χ1v) is 9.28. The van der Waals surface area contributed by atoms with Crippen LogP contribution in [0, 0.1) is 11.8 Å². The number of benzene rings is 3. The van der Waals surface area contributed by atoms with E-state index >= 15 is 0 Å². The Kier molecular flexibility index (Phi) is 3.60. The van der Waals surface area contributed by atoms with Gasteiger partial charge in [0.1, 0.15) is 5.78 Å². The van der Waals surface area contributed by atoms with Gasteiger partial charge in [0.25, 0.3) is 0 Å². The molecular formula is C25H20O.